The Kier molecular flexibility index (Phi) is 2.27. The first-order valence-electron chi connectivity index (χ1n) is 11.8. The molecule has 4 nitrogen and oxygen atoms in total. The second-order valence-corrected chi connectivity index (χ2v) is 9.88. The third-order valence-corrected chi connectivity index (χ3v) is 8.53. The first-order valence-corrected chi connectivity index (χ1v) is 11.8. The van der Waals surface area contributed by atoms with E-state index in [2.05, 4.69) is 106 Å². The van der Waals surface area contributed by atoms with Crippen LogP contribution in [0, 0.1) is 0 Å². The summed E-state index contributed by atoms with van der Waals surface area (Å²) in [5, 5.41) is 9.01. The highest BCUT2D eigenvalue weighted by Gasteiger charge is 2.62. The van der Waals surface area contributed by atoms with Gasteiger partial charge in [0.2, 0.25) is 11.0 Å². The Bertz CT molecular complexity index is 2170. The summed E-state index contributed by atoms with van der Waals surface area (Å²) in [5.41, 5.74) is 5.89. The van der Waals surface area contributed by atoms with E-state index >= 15 is 0 Å². The lowest BCUT2D eigenvalue weighted by molar-refractivity contribution is -0.721. The molecule has 7 aromatic rings. The molecule has 0 amide bonds. The molecule has 0 radical (unpaired) electrons. The monoisotopic (exact) mass is 435 g/mol. The average Bonchev–Trinajstić information content (AvgIpc) is 3.52. The number of nitrogens with zero attached hydrogens (tertiary/aromatic N) is 3. The van der Waals surface area contributed by atoms with Crippen LogP contribution in [-0.4, -0.2) is 4.57 Å². The molecule has 6 heterocycles. The summed E-state index contributed by atoms with van der Waals surface area (Å²) in [7, 11) is 2.15. The smallest absolute Gasteiger partial charge is 0.309 e. The number of hydrogen-bond donors (Lipinski definition) is 0. The molecule has 0 saturated carbocycles. The number of rotatable bonds is 0. The van der Waals surface area contributed by atoms with Gasteiger partial charge in [0.15, 0.2) is 12.4 Å². The van der Waals surface area contributed by atoms with Crippen molar-refractivity contribution in [2.75, 3.05) is 0 Å². The minimum absolute atomic E-state index is 0.496. The lowest BCUT2D eigenvalue weighted by atomic mass is 9.85. The van der Waals surface area contributed by atoms with Gasteiger partial charge in [-0.05, 0) is 53.2 Å². The molecule has 4 aromatic carbocycles. The van der Waals surface area contributed by atoms with Crippen LogP contribution in [0.15, 0.2) is 85.3 Å². The molecule has 0 fully saturated rings. The Hall–Kier alpha value is -4.44. The summed E-state index contributed by atoms with van der Waals surface area (Å²) in [4.78, 5) is 0. The Morgan fingerprint density at radius 1 is 0.706 bits per heavy atom. The van der Waals surface area contributed by atoms with E-state index in [1.165, 1.54) is 65.4 Å². The highest BCUT2D eigenvalue weighted by Crippen LogP contribution is 2.60. The third-order valence-electron chi connectivity index (χ3n) is 8.53. The van der Waals surface area contributed by atoms with Gasteiger partial charge in [-0.2, -0.15) is 4.57 Å². The lowest BCUT2D eigenvalue weighted by Crippen LogP contribution is -2.59. The number of aryl methyl sites for hydroxylation is 1. The van der Waals surface area contributed by atoms with Crippen molar-refractivity contribution in [3.05, 3.63) is 96.4 Å². The molecule has 10 rings (SSSR count). The van der Waals surface area contributed by atoms with Crippen LogP contribution in [0.1, 0.15) is 11.1 Å². The Balaban J connectivity index is 1.60. The lowest BCUT2D eigenvalue weighted by Gasteiger charge is -2.32. The third kappa shape index (κ3) is 1.36. The van der Waals surface area contributed by atoms with Crippen LogP contribution >= 0.6 is 0 Å². The predicted molar refractivity (Wildman–Crippen MR) is 131 cm³/mol. The highest BCUT2D eigenvalue weighted by molar-refractivity contribution is 6.26. The summed E-state index contributed by atoms with van der Waals surface area (Å²) in [5.74, 6) is 1.91. The van der Waals surface area contributed by atoms with Gasteiger partial charge in [0.25, 0.3) is 0 Å². The van der Waals surface area contributed by atoms with Gasteiger partial charge in [0, 0.05) is 29.1 Å². The van der Waals surface area contributed by atoms with Crippen molar-refractivity contribution in [3.8, 4) is 11.5 Å². The standard InChI is InChI=1S/C30H17N3O/c1-31-15-12-19-18-9-11-22-26-24(18)29-20(28(19)31)5-3-14-33(29)30(26)25-21(34-22)10-8-16-6-7-17-4-2-13-32(30)27(17)23(16)25/h2-15H,1H3/q+2. The van der Waals surface area contributed by atoms with E-state index in [9.17, 15) is 0 Å². The van der Waals surface area contributed by atoms with Crippen LogP contribution in [-0.2, 0) is 12.7 Å². The van der Waals surface area contributed by atoms with Crippen molar-refractivity contribution in [1.82, 2.24) is 4.57 Å². The molecule has 1 atom stereocenters. The fourth-order valence-corrected chi connectivity index (χ4v) is 7.43. The summed E-state index contributed by atoms with van der Waals surface area (Å²) in [6, 6.07) is 24.4. The Labute approximate surface area is 193 Å². The zero-order valence-electron chi connectivity index (χ0n) is 18.3. The van der Waals surface area contributed by atoms with Crippen LogP contribution < -0.4 is 13.9 Å². The molecule has 0 N–H and O–H groups in total. The van der Waals surface area contributed by atoms with Gasteiger partial charge < -0.3 is 4.74 Å². The summed E-state index contributed by atoms with van der Waals surface area (Å²) >= 11 is 0. The SMILES string of the molecule is C[n+]1ccc2c3ccc4c5c3c3c(cccn3C53c5c(ccc6ccc7ccc[n+]3c7c56)O4)c21. The number of hydrogen-bond acceptors (Lipinski definition) is 1. The summed E-state index contributed by atoms with van der Waals surface area (Å²) in [6.45, 7) is 0. The molecule has 34 heavy (non-hydrogen) atoms. The summed E-state index contributed by atoms with van der Waals surface area (Å²) in [6.07, 6.45) is 6.71. The fraction of sp³-hybridized carbons (Fsp3) is 0.0667. The number of aromatic nitrogens is 3. The zero-order chi connectivity index (χ0) is 21.9. The first-order chi connectivity index (χ1) is 16.8. The van der Waals surface area contributed by atoms with E-state index < -0.39 is 5.66 Å². The zero-order valence-corrected chi connectivity index (χ0v) is 18.3. The Morgan fingerprint density at radius 3 is 2.47 bits per heavy atom. The van der Waals surface area contributed by atoms with Gasteiger partial charge in [-0.1, -0.05) is 12.1 Å². The number of pyridine rings is 2. The minimum Gasteiger partial charge on any atom is -0.456 e. The highest BCUT2D eigenvalue weighted by atomic mass is 16.5. The molecule has 3 aliphatic rings. The van der Waals surface area contributed by atoms with E-state index in [-0.39, 0.29) is 0 Å². The van der Waals surface area contributed by atoms with Gasteiger partial charge in [-0.25, -0.2) is 4.57 Å². The van der Waals surface area contributed by atoms with Crippen molar-refractivity contribution in [2.45, 2.75) is 5.66 Å². The van der Waals surface area contributed by atoms with Gasteiger partial charge in [0.05, 0.1) is 21.7 Å². The number of fused-ring (bicyclic) bond motifs is 3. The number of ether oxygens (including phenoxy) is 1. The maximum absolute atomic E-state index is 6.69. The molecule has 3 aromatic heterocycles. The van der Waals surface area contributed by atoms with Crippen molar-refractivity contribution in [1.29, 1.82) is 0 Å². The van der Waals surface area contributed by atoms with E-state index in [4.69, 9.17) is 4.74 Å². The molecule has 4 heteroatoms. The second-order valence-electron chi connectivity index (χ2n) is 9.88. The van der Waals surface area contributed by atoms with Crippen molar-refractivity contribution < 1.29 is 13.9 Å². The Morgan fingerprint density at radius 2 is 1.53 bits per heavy atom. The summed E-state index contributed by atoms with van der Waals surface area (Å²) < 4.78 is 14.0. The molecule has 3 aliphatic heterocycles. The molecule has 1 unspecified atom stereocenters. The van der Waals surface area contributed by atoms with Crippen LogP contribution in [0.3, 0.4) is 0 Å². The maximum Gasteiger partial charge on any atom is 0.309 e. The van der Waals surface area contributed by atoms with Gasteiger partial charge >= 0.3 is 5.66 Å². The average molecular weight is 435 g/mol. The second kappa shape index (κ2) is 4.75. The normalized spacial score (nSPS) is 18.5. The van der Waals surface area contributed by atoms with Crippen LogP contribution in [0.2, 0.25) is 0 Å². The van der Waals surface area contributed by atoms with Gasteiger partial charge in [0.1, 0.15) is 29.7 Å². The van der Waals surface area contributed by atoms with E-state index in [1.807, 2.05) is 0 Å². The molecule has 0 bridgehead atoms. The van der Waals surface area contributed by atoms with Crippen molar-refractivity contribution in [2.24, 2.45) is 7.05 Å². The van der Waals surface area contributed by atoms with Gasteiger partial charge in [-0.3, -0.25) is 4.57 Å². The quantitative estimate of drug-likeness (QED) is 0.231. The van der Waals surface area contributed by atoms with Crippen molar-refractivity contribution >= 4 is 54.3 Å². The van der Waals surface area contributed by atoms with Crippen LogP contribution in [0.4, 0.5) is 0 Å². The van der Waals surface area contributed by atoms with Gasteiger partial charge in [-0.15, -0.1) is 0 Å². The van der Waals surface area contributed by atoms with E-state index in [0.29, 0.717) is 0 Å². The van der Waals surface area contributed by atoms with E-state index in [1.54, 1.807) is 0 Å². The molecule has 1 spiro atoms. The maximum atomic E-state index is 6.69. The van der Waals surface area contributed by atoms with Crippen LogP contribution in [0.5, 0.6) is 11.5 Å². The number of benzene rings is 4. The van der Waals surface area contributed by atoms with Crippen molar-refractivity contribution in [3.63, 3.8) is 0 Å². The minimum atomic E-state index is -0.496. The molecule has 0 saturated heterocycles. The predicted octanol–water partition coefficient (Wildman–Crippen LogP) is 5.40. The fourth-order valence-electron chi connectivity index (χ4n) is 7.43. The molecule has 156 valence electrons. The molecular formula is C30H17N3O+2. The van der Waals surface area contributed by atoms with E-state index in [0.717, 1.165) is 11.5 Å². The molecular weight excluding hydrogens is 418 g/mol. The van der Waals surface area contributed by atoms with Crippen LogP contribution in [0.25, 0.3) is 54.3 Å². The largest absolute Gasteiger partial charge is 0.456 e. The first kappa shape index (κ1) is 16.2. The molecule has 0 aliphatic carbocycles. The topological polar surface area (TPSA) is 21.9 Å².